The fraction of sp³-hybridized carbons (Fsp3) is 0.154. The molecule has 0 N–H and O–H groups in total. The van der Waals surface area contributed by atoms with E-state index in [1.165, 1.54) is 20.9 Å². The molecule has 3 aliphatic rings. The Morgan fingerprint density at radius 1 is 1.10 bits per heavy atom. The number of allylic oxidation sites excluding steroid dienone is 1. The van der Waals surface area contributed by atoms with Gasteiger partial charge in [0.05, 0.1) is 0 Å². The molecule has 0 aliphatic carbocycles. The molecule has 0 spiro atoms. The van der Waals surface area contributed by atoms with Crippen molar-refractivity contribution in [3.05, 3.63) is 51.5 Å². The van der Waals surface area contributed by atoms with Crippen molar-refractivity contribution in [2.24, 2.45) is 4.01 Å². The van der Waals surface area contributed by atoms with Crippen molar-refractivity contribution >= 4 is 59.9 Å². The summed E-state index contributed by atoms with van der Waals surface area (Å²) in [5.41, 5.74) is 2.66. The van der Waals surface area contributed by atoms with Crippen LogP contribution >= 0.6 is 20.4 Å². The molecule has 0 saturated heterocycles. The van der Waals surface area contributed by atoms with E-state index in [1.807, 2.05) is 20.4 Å². The Balaban J connectivity index is 1.94. The van der Waals surface area contributed by atoms with Gasteiger partial charge in [0.15, 0.2) is 0 Å². The van der Waals surface area contributed by atoms with Gasteiger partial charge in [0.2, 0.25) is 0 Å². The zero-order chi connectivity index (χ0) is 13.5. The number of benzene rings is 1. The van der Waals surface area contributed by atoms with Crippen LogP contribution in [0.5, 0.6) is 0 Å². The quantitative estimate of drug-likeness (QED) is 0.676. The van der Waals surface area contributed by atoms with E-state index in [4.69, 9.17) is 8.34 Å². The molecule has 3 heterocycles. The van der Waals surface area contributed by atoms with Crippen LogP contribution in [0.3, 0.4) is 0 Å². The third-order valence-corrected chi connectivity index (χ3v) is 9.34. The van der Waals surface area contributed by atoms with Crippen LogP contribution in [0.1, 0.15) is 12.5 Å². The van der Waals surface area contributed by atoms with Gasteiger partial charge in [-0.05, 0) is 0 Å². The molecule has 1 aromatic carbocycles. The van der Waals surface area contributed by atoms with Crippen LogP contribution < -0.4 is 4.33 Å². The number of fused-ring (bicyclic) bond motifs is 1. The van der Waals surface area contributed by atoms with Gasteiger partial charge < -0.3 is 0 Å². The summed E-state index contributed by atoms with van der Waals surface area (Å²) in [7, 11) is 3.82. The topological polar surface area (TPSA) is 29.7 Å². The van der Waals surface area contributed by atoms with Gasteiger partial charge in [-0.1, -0.05) is 0 Å². The molecule has 0 fully saturated rings. The third-order valence-electron chi connectivity index (χ3n) is 3.24. The molecular weight excluding hydrogens is 420 g/mol. The van der Waals surface area contributed by atoms with Crippen LogP contribution in [0.25, 0.3) is 5.57 Å². The zero-order valence-corrected chi connectivity index (χ0v) is 15.6. The van der Waals surface area contributed by atoms with Crippen molar-refractivity contribution in [2.45, 2.75) is 6.92 Å². The van der Waals surface area contributed by atoms with Gasteiger partial charge in [-0.3, -0.25) is 0 Å². The second-order valence-electron chi connectivity index (χ2n) is 4.29. The maximum absolute atomic E-state index is 4.76. The third kappa shape index (κ3) is 2.00. The van der Waals surface area contributed by atoms with Gasteiger partial charge in [0, 0.05) is 0 Å². The first-order valence-corrected chi connectivity index (χ1v) is 13.4. The molecule has 101 valence electrons. The molecule has 1 aromatic rings. The summed E-state index contributed by atoms with van der Waals surface area (Å²) in [5, 5.41) is 0. The van der Waals surface area contributed by atoms with Crippen molar-refractivity contribution in [3.8, 4) is 0 Å². The number of nitrogens with zero attached hydrogens (tertiary/aromatic N) is 3. The normalized spacial score (nSPS) is 20.9. The van der Waals surface area contributed by atoms with Gasteiger partial charge in [-0.2, -0.15) is 0 Å². The predicted molar refractivity (Wildman–Crippen MR) is 89.0 cm³/mol. The second kappa shape index (κ2) is 5.48. The van der Waals surface area contributed by atoms with E-state index in [0.717, 1.165) is 18.2 Å². The zero-order valence-electron chi connectivity index (χ0n) is 10.6. The molecule has 3 nitrogen and oxygen atoms in total. The van der Waals surface area contributed by atoms with Crippen LogP contribution in [0.4, 0.5) is 0 Å². The molecule has 0 aromatic heterocycles. The molecule has 4 rings (SSSR count). The Labute approximate surface area is 137 Å². The molecule has 3 aliphatic heterocycles. The standard InChI is InChI=1S/C13H10N3S2Se2/c1-2-16-12-10(17-19-14-12)9(8-6-4-3-5-7-8)11-13(16)15-20-18-11/h3-7H,2H2,1H3. The van der Waals surface area contributed by atoms with Crippen LogP contribution in [0.15, 0.2) is 50.0 Å². The Morgan fingerprint density at radius 2 is 1.90 bits per heavy atom. The van der Waals surface area contributed by atoms with E-state index in [9.17, 15) is 0 Å². The maximum atomic E-state index is 4.76. The molecular formula is C13H10N3S2Se2. The summed E-state index contributed by atoms with van der Waals surface area (Å²) in [6.07, 6.45) is 0. The van der Waals surface area contributed by atoms with Gasteiger partial charge in [-0.25, -0.2) is 0 Å². The van der Waals surface area contributed by atoms with Crippen LogP contribution in [-0.2, 0) is 0 Å². The molecule has 20 heavy (non-hydrogen) atoms. The van der Waals surface area contributed by atoms with E-state index in [2.05, 4.69) is 42.2 Å². The molecule has 0 bridgehead atoms. The van der Waals surface area contributed by atoms with Crippen molar-refractivity contribution < 1.29 is 0 Å². The Morgan fingerprint density at radius 3 is 2.70 bits per heavy atom. The molecule has 7 heteroatoms. The van der Waals surface area contributed by atoms with Gasteiger partial charge in [0.25, 0.3) is 0 Å². The van der Waals surface area contributed by atoms with Crippen LogP contribution in [-0.4, -0.2) is 45.4 Å². The first-order valence-electron chi connectivity index (χ1n) is 6.19. The first-order chi connectivity index (χ1) is 9.90. The number of hydrogen-bond donors (Lipinski definition) is 0. The summed E-state index contributed by atoms with van der Waals surface area (Å²) in [4.78, 5) is 5.01. The molecule has 0 unspecified atom stereocenters. The Bertz CT molecular complexity index is 655. The number of rotatable bonds is 2. The van der Waals surface area contributed by atoms with Crippen molar-refractivity contribution in [1.82, 2.24) is 9.23 Å². The minimum absolute atomic E-state index is 0.272. The Hall–Kier alpha value is -0.291. The summed E-state index contributed by atoms with van der Waals surface area (Å²) in [6, 6.07) is 10.7. The molecule has 1 radical (unpaired) electrons. The monoisotopic (exact) mass is 432 g/mol. The van der Waals surface area contributed by atoms with Gasteiger partial charge in [-0.15, -0.1) is 0 Å². The SMILES string of the molecule is CCN1C2=N[Se]SC2=C(c2ccccc2)C2=C1[N][Se]S2. The summed E-state index contributed by atoms with van der Waals surface area (Å²) in [5.74, 6) is 2.30. The summed E-state index contributed by atoms with van der Waals surface area (Å²) >= 11 is 0.543. The summed E-state index contributed by atoms with van der Waals surface area (Å²) in [6.45, 7) is 3.12. The van der Waals surface area contributed by atoms with Crippen LogP contribution in [0.2, 0.25) is 0 Å². The fourth-order valence-corrected chi connectivity index (χ4v) is 9.20. The number of amidine groups is 1. The molecule has 0 amide bonds. The molecule has 0 atom stereocenters. The average Bonchev–Trinajstić information content (AvgIpc) is 3.14. The Kier molecular flexibility index (Phi) is 3.67. The number of hydrogen-bond acceptors (Lipinski definition) is 4. The van der Waals surface area contributed by atoms with Crippen molar-refractivity contribution in [2.75, 3.05) is 6.54 Å². The first kappa shape index (κ1) is 13.4. The van der Waals surface area contributed by atoms with Crippen molar-refractivity contribution in [1.29, 1.82) is 0 Å². The van der Waals surface area contributed by atoms with E-state index in [0.29, 0.717) is 0 Å². The van der Waals surface area contributed by atoms with Crippen molar-refractivity contribution in [3.63, 3.8) is 0 Å². The second-order valence-corrected chi connectivity index (χ2v) is 10.5. The molecule has 0 saturated carbocycles. The predicted octanol–water partition coefficient (Wildman–Crippen LogP) is 2.47. The average molecular weight is 430 g/mol. The fourth-order valence-electron chi connectivity index (χ4n) is 2.36. The van der Waals surface area contributed by atoms with E-state index in [1.54, 1.807) is 0 Å². The van der Waals surface area contributed by atoms with E-state index < -0.39 is 0 Å². The van der Waals surface area contributed by atoms with Gasteiger partial charge in [0.1, 0.15) is 0 Å². The van der Waals surface area contributed by atoms with Gasteiger partial charge >= 0.3 is 138 Å². The van der Waals surface area contributed by atoms with Crippen LogP contribution in [0, 0.1) is 0 Å². The van der Waals surface area contributed by atoms with E-state index >= 15 is 0 Å². The van der Waals surface area contributed by atoms with E-state index in [-0.39, 0.29) is 28.1 Å². The number of likely N-dealkylation sites (N-methyl/N-ethyl adjacent to an activating group) is 1. The minimum atomic E-state index is 0.272. The summed E-state index contributed by atoms with van der Waals surface area (Å²) < 4.78 is 9.52.